The van der Waals surface area contributed by atoms with E-state index in [0.29, 0.717) is 6.04 Å². The van der Waals surface area contributed by atoms with E-state index in [-0.39, 0.29) is 17.9 Å². The van der Waals surface area contributed by atoms with Gasteiger partial charge in [-0.05, 0) is 32.7 Å². The second kappa shape index (κ2) is 5.77. The molecule has 1 heterocycles. The van der Waals surface area contributed by atoms with Gasteiger partial charge < -0.3 is 10.6 Å². The van der Waals surface area contributed by atoms with Gasteiger partial charge in [0, 0.05) is 12.0 Å². The zero-order valence-electron chi connectivity index (χ0n) is 9.55. The quantitative estimate of drug-likeness (QED) is 0.677. The lowest BCUT2D eigenvalue weighted by molar-refractivity contribution is -0.126. The summed E-state index contributed by atoms with van der Waals surface area (Å²) in [6.07, 6.45) is 7.93. The fourth-order valence-corrected chi connectivity index (χ4v) is 1.92. The topological polar surface area (TPSA) is 41.1 Å². The first-order valence-corrected chi connectivity index (χ1v) is 5.67. The lowest BCUT2D eigenvalue weighted by Gasteiger charge is -2.27. The molecule has 84 valence electrons. The maximum Gasteiger partial charge on any atom is 0.224 e. The molecule has 1 saturated heterocycles. The summed E-state index contributed by atoms with van der Waals surface area (Å²) in [7, 11) is 0. The van der Waals surface area contributed by atoms with Crippen LogP contribution in [0.1, 0.15) is 33.1 Å². The lowest BCUT2D eigenvalue weighted by atomic mass is 9.92. The molecule has 0 aromatic heterocycles. The Kier molecular flexibility index (Phi) is 4.64. The lowest BCUT2D eigenvalue weighted by Crippen LogP contribution is -2.44. The van der Waals surface area contributed by atoms with Crippen LogP contribution in [0.5, 0.6) is 0 Å². The summed E-state index contributed by atoms with van der Waals surface area (Å²) in [5.74, 6) is 2.83. The average Bonchev–Trinajstić information content (AvgIpc) is 2.25. The molecule has 1 fully saturated rings. The maximum atomic E-state index is 11.8. The van der Waals surface area contributed by atoms with Gasteiger partial charge in [-0.15, -0.1) is 6.42 Å². The molecule has 1 rings (SSSR count). The Labute approximate surface area is 92.0 Å². The van der Waals surface area contributed by atoms with Gasteiger partial charge in [-0.1, -0.05) is 12.8 Å². The molecule has 3 atom stereocenters. The molecule has 1 aliphatic rings. The molecule has 1 amide bonds. The third-order valence-electron chi connectivity index (χ3n) is 2.92. The van der Waals surface area contributed by atoms with Gasteiger partial charge in [-0.25, -0.2) is 0 Å². The average molecular weight is 208 g/mol. The van der Waals surface area contributed by atoms with Gasteiger partial charge in [-0.2, -0.15) is 0 Å². The Morgan fingerprint density at radius 1 is 1.73 bits per heavy atom. The van der Waals surface area contributed by atoms with Crippen molar-refractivity contribution in [2.45, 2.75) is 45.2 Å². The van der Waals surface area contributed by atoms with E-state index in [4.69, 9.17) is 6.42 Å². The number of piperidine rings is 1. The molecule has 2 N–H and O–H groups in total. The van der Waals surface area contributed by atoms with E-state index in [2.05, 4.69) is 23.5 Å². The number of carbonyl (C=O) groups is 1. The van der Waals surface area contributed by atoms with Gasteiger partial charge in [-0.3, -0.25) is 4.79 Å². The molecule has 0 saturated carbocycles. The molecule has 0 aliphatic carbocycles. The van der Waals surface area contributed by atoms with Crippen molar-refractivity contribution in [1.82, 2.24) is 10.6 Å². The minimum atomic E-state index is -0.109. The molecule has 15 heavy (non-hydrogen) atoms. The van der Waals surface area contributed by atoms with Gasteiger partial charge in [0.1, 0.15) is 0 Å². The van der Waals surface area contributed by atoms with E-state index in [1.54, 1.807) is 0 Å². The normalized spacial score (nSPS) is 27.8. The third kappa shape index (κ3) is 3.56. The summed E-state index contributed by atoms with van der Waals surface area (Å²) < 4.78 is 0. The van der Waals surface area contributed by atoms with Crippen LogP contribution in [0.4, 0.5) is 0 Å². The fourth-order valence-electron chi connectivity index (χ4n) is 1.92. The number of carbonyl (C=O) groups excluding carboxylic acids is 1. The highest BCUT2D eigenvalue weighted by Gasteiger charge is 2.25. The number of rotatable bonds is 3. The molecule has 0 aromatic carbocycles. The predicted molar refractivity (Wildman–Crippen MR) is 61.2 cm³/mol. The number of hydrogen-bond donors (Lipinski definition) is 2. The van der Waals surface area contributed by atoms with Gasteiger partial charge >= 0.3 is 0 Å². The zero-order valence-corrected chi connectivity index (χ0v) is 9.55. The molecule has 3 nitrogen and oxygen atoms in total. The summed E-state index contributed by atoms with van der Waals surface area (Å²) in [5, 5.41) is 6.23. The molecular formula is C12H20N2O. The Balaban J connectivity index is 2.42. The van der Waals surface area contributed by atoms with E-state index in [0.717, 1.165) is 25.8 Å². The monoisotopic (exact) mass is 208 g/mol. The number of amides is 1. The smallest absolute Gasteiger partial charge is 0.224 e. The Morgan fingerprint density at radius 2 is 2.47 bits per heavy atom. The minimum Gasteiger partial charge on any atom is -0.342 e. The Bertz CT molecular complexity index is 257. The number of nitrogens with one attached hydrogen (secondary N) is 2. The molecule has 0 aromatic rings. The van der Waals surface area contributed by atoms with E-state index >= 15 is 0 Å². The number of terminal acetylenes is 1. The highest BCUT2D eigenvalue weighted by atomic mass is 16.1. The highest BCUT2D eigenvalue weighted by molar-refractivity contribution is 5.79. The van der Waals surface area contributed by atoms with Crippen LogP contribution < -0.4 is 10.6 Å². The van der Waals surface area contributed by atoms with Gasteiger partial charge in [0.05, 0.1) is 6.04 Å². The zero-order chi connectivity index (χ0) is 11.3. The largest absolute Gasteiger partial charge is 0.342 e. The molecule has 0 bridgehead atoms. The molecule has 0 radical (unpaired) electrons. The third-order valence-corrected chi connectivity index (χ3v) is 2.92. The van der Waals surface area contributed by atoms with Crippen molar-refractivity contribution in [3.05, 3.63) is 0 Å². The molecule has 0 spiro atoms. The van der Waals surface area contributed by atoms with E-state index < -0.39 is 0 Å². The second-order valence-corrected chi connectivity index (χ2v) is 4.21. The fraction of sp³-hybridized carbons (Fsp3) is 0.750. The van der Waals surface area contributed by atoms with Crippen molar-refractivity contribution < 1.29 is 4.79 Å². The van der Waals surface area contributed by atoms with Crippen molar-refractivity contribution in [3.8, 4) is 12.3 Å². The van der Waals surface area contributed by atoms with Crippen LogP contribution in [-0.2, 0) is 4.79 Å². The summed E-state index contributed by atoms with van der Waals surface area (Å²) in [5.41, 5.74) is 0. The predicted octanol–water partition coefficient (Wildman–Crippen LogP) is 0.902. The SMILES string of the molecule is C#CC(CC)NC(=O)C1CCNC(C)C1. The van der Waals surface area contributed by atoms with Crippen LogP contribution in [0.3, 0.4) is 0 Å². The van der Waals surface area contributed by atoms with E-state index in [1.807, 2.05) is 6.92 Å². The van der Waals surface area contributed by atoms with Crippen molar-refractivity contribution in [3.63, 3.8) is 0 Å². The van der Waals surface area contributed by atoms with E-state index in [1.165, 1.54) is 0 Å². The maximum absolute atomic E-state index is 11.8. The molecular weight excluding hydrogens is 188 g/mol. The van der Waals surface area contributed by atoms with Crippen molar-refractivity contribution >= 4 is 5.91 Å². The van der Waals surface area contributed by atoms with Crippen LogP contribution in [0, 0.1) is 18.3 Å². The molecule has 1 aliphatic heterocycles. The first-order valence-electron chi connectivity index (χ1n) is 5.67. The van der Waals surface area contributed by atoms with Crippen LogP contribution in [0.2, 0.25) is 0 Å². The van der Waals surface area contributed by atoms with Crippen LogP contribution in [0.25, 0.3) is 0 Å². The van der Waals surface area contributed by atoms with Crippen LogP contribution in [0.15, 0.2) is 0 Å². The summed E-state index contributed by atoms with van der Waals surface area (Å²) >= 11 is 0. The summed E-state index contributed by atoms with van der Waals surface area (Å²) in [6, 6.07) is 0.322. The molecule has 3 unspecified atom stereocenters. The van der Waals surface area contributed by atoms with Gasteiger partial charge in [0.15, 0.2) is 0 Å². The van der Waals surface area contributed by atoms with Crippen LogP contribution in [-0.4, -0.2) is 24.5 Å². The van der Waals surface area contributed by atoms with Crippen LogP contribution >= 0.6 is 0 Å². The summed E-state index contributed by atoms with van der Waals surface area (Å²) in [4.78, 5) is 11.8. The minimum absolute atomic E-state index is 0.109. The standard InChI is InChI=1S/C12H20N2O/c1-4-11(5-2)14-12(15)10-6-7-13-9(3)8-10/h1,9-11,13H,5-8H2,2-3H3,(H,14,15). The van der Waals surface area contributed by atoms with E-state index in [9.17, 15) is 4.79 Å². The molecule has 3 heteroatoms. The number of hydrogen-bond acceptors (Lipinski definition) is 2. The van der Waals surface area contributed by atoms with Crippen molar-refractivity contribution in [2.24, 2.45) is 5.92 Å². The Morgan fingerprint density at radius 3 is 3.00 bits per heavy atom. The van der Waals surface area contributed by atoms with Crippen molar-refractivity contribution in [2.75, 3.05) is 6.54 Å². The first-order chi connectivity index (χ1) is 7.17. The Hall–Kier alpha value is -1.01. The highest BCUT2D eigenvalue weighted by Crippen LogP contribution is 2.16. The van der Waals surface area contributed by atoms with Gasteiger partial charge in [0.2, 0.25) is 5.91 Å². The summed E-state index contributed by atoms with van der Waals surface area (Å²) in [6.45, 7) is 5.01. The second-order valence-electron chi connectivity index (χ2n) is 4.21. The van der Waals surface area contributed by atoms with Gasteiger partial charge in [0.25, 0.3) is 0 Å². The first kappa shape index (κ1) is 12.1. The van der Waals surface area contributed by atoms with Crippen molar-refractivity contribution in [1.29, 1.82) is 0 Å².